The molecule has 0 atom stereocenters. The number of carbonyl (C=O) groups is 1. The zero-order valence-corrected chi connectivity index (χ0v) is 11.1. The molecule has 0 bridgehead atoms. The van der Waals surface area contributed by atoms with Gasteiger partial charge in [0.1, 0.15) is 17.8 Å². The second kappa shape index (κ2) is 6.33. The SMILES string of the molecule is COc1ccc(C(=O)NNc2ccc([N+](=O)[O-])cn2)cc1. The highest BCUT2D eigenvalue weighted by molar-refractivity contribution is 5.94. The number of nitrogens with one attached hydrogen (secondary N) is 2. The molecule has 2 N–H and O–H groups in total. The third-order valence-electron chi connectivity index (χ3n) is 2.61. The lowest BCUT2D eigenvalue weighted by molar-refractivity contribution is -0.385. The summed E-state index contributed by atoms with van der Waals surface area (Å²) >= 11 is 0. The van der Waals surface area contributed by atoms with E-state index in [1.54, 1.807) is 24.3 Å². The molecular formula is C13H12N4O4. The van der Waals surface area contributed by atoms with Crippen LogP contribution in [0.25, 0.3) is 0 Å². The van der Waals surface area contributed by atoms with E-state index in [2.05, 4.69) is 15.8 Å². The van der Waals surface area contributed by atoms with Gasteiger partial charge in [0, 0.05) is 11.6 Å². The maximum absolute atomic E-state index is 11.8. The van der Waals surface area contributed by atoms with Crippen molar-refractivity contribution in [2.75, 3.05) is 12.5 Å². The summed E-state index contributed by atoms with van der Waals surface area (Å²) < 4.78 is 5.00. The fourth-order valence-corrected chi connectivity index (χ4v) is 1.50. The van der Waals surface area contributed by atoms with Gasteiger partial charge in [-0.3, -0.25) is 25.8 Å². The number of pyridine rings is 1. The second-order valence-electron chi connectivity index (χ2n) is 3.97. The van der Waals surface area contributed by atoms with Gasteiger partial charge in [-0.25, -0.2) is 4.98 Å². The molecule has 8 nitrogen and oxygen atoms in total. The Morgan fingerprint density at radius 2 is 1.95 bits per heavy atom. The van der Waals surface area contributed by atoms with Crippen molar-refractivity contribution >= 4 is 17.4 Å². The van der Waals surface area contributed by atoms with Gasteiger partial charge in [0.2, 0.25) is 0 Å². The molecule has 0 spiro atoms. The van der Waals surface area contributed by atoms with E-state index in [4.69, 9.17) is 4.74 Å². The highest BCUT2D eigenvalue weighted by Gasteiger charge is 2.07. The lowest BCUT2D eigenvalue weighted by atomic mass is 10.2. The quantitative estimate of drug-likeness (QED) is 0.641. The van der Waals surface area contributed by atoms with Crippen LogP contribution in [-0.2, 0) is 0 Å². The number of methoxy groups -OCH3 is 1. The molecule has 1 amide bonds. The number of benzene rings is 1. The first-order chi connectivity index (χ1) is 10.1. The van der Waals surface area contributed by atoms with Crippen molar-refractivity contribution in [1.82, 2.24) is 10.4 Å². The number of nitro groups is 1. The van der Waals surface area contributed by atoms with Crippen LogP contribution in [0.1, 0.15) is 10.4 Å². The number of carbonyl (C=O) groups excluding carboxylic acids is 1. The zero-order chi connectivity index (χ0) is 15.2. The molecule has 2 rings (SSSR count). The minimum atomic E-state index is -0.549. The third kappa shape index (κ3) is 3.66. The number of hydrazine groups is 1. The number of nitrogens with zero attached hydrogens (tertiary/aromatic N) is 2. The van der Waals surface area contributed by atoms with E-state index in [0.717, 1.165) is 6.20 Å². The Morgan fingerprint density at radius 3 is 2.48 bits per heavy atom. The summed E-state index contributed by atoms with van der Waals surface area (Å²) in [6.45, 7) is 0. The first kappa shape index (κ1) is 14.3. The van der Waals surface area contributed by atoms with Gasteiger partial charge in [-0.2, -0.15) is 0 Å². The van der Waals surface area contributed by atoms with Crippen LogP contribution in [0.3, 0.4) is 0 Å². The smallest absolute Gasteiger partial charge is 0.287 e. The first-order valence-electron chi connectivity index (χ1n) is 5.91. The van der Waals surface area contributed by atoms with Gasteiger partial charge < -0.3 is 4.74 Å². The lowest BCUT2D eigenvalue weighted by Crippen LogP contribution is -2.29. The monoisotopic (exact) mass is 288 g/mol. The Morgan fingerprint density at radius 1 is 1.24 bits per heavy atom. The molecule has 1 aromatic carbocycles. The molecule has 0 aliphatic heterocycles. The van der Waals surface area contributed by atoms with Gasteiger partial charge in [0.25, 0.3) is 11.6 Å². The summed E-state index contributed by atoms with van der Waals surface area (Å²) in [6, 6.07) is 9.23. The topological polar surface area (TPSA) is 106 Å². The van der Waals surface area contributed by atoms with E-state index >= 15 is 0 Å². The average molecular weight is 288 g/mol. The second-order valence-corrected chi connectivity index (χ2v) is 3.97. The summed E-state index contributed by atoms with van der Waals surface area (Å²) in [4.78, 5) is 25.6. The molecule has 0 saturated carbocycles. The van der Waals surface area contributed by atoms with Crippen molar-refractivity contribution in [2.45, 2.75) is 0 Å². The van der Waals surface area contributed by atoms with Gasteiger partial charge in [-0.05, 0) is 30.3 Å². The standard InChI is InChI=1S/C13H12N4O4/c1-21-11-5-2-9(3-6-11)13(18)16-15-12-7-4-10(8-14-12)17(19)20/h2-8H,1H3,(H,14,15)(H,16,18). The van der Waals surface area contributed by atoms with Crippen LogP contribution >= 0.6 is 0 Å². The van der Waals surface area contributed by atoms with E-state index < -0.39 is 4.92 Å². The molecule has 0 saturated heterocycles. The van der Waals surface area contributed by atoms with Crippen molar-refractivity contribution in [3.05, 3.63) is 58.3 Å². The maximum Gasteiger partial charge on any atom is 0.287 e. The molecular weight excluding hydrogens is 276 g/mol. The van der Waals surface area contributed by atoms with Gasteiger partial charge in [0.15, 0.2) is 0 Å². The van der Waals surface area contributed by atoms with Gasteiger partial charge in [0.05, 0.1) is 12.0 Å². The fourth-order valence-electron chi connectivity index (χ4n) is 1.50. The van der Waals surface area contributed by atoms with Crippen LogP contribution in [0.5, 0.6) is 5.75 Å². The van der Waals surface area contributed by atoms with Crippen molar-refractivity contribution in [2.24, 2.45) is 0 Å². The summed E-state index contributed by atoms with van der Waals surface area (Å²) in [6.07, 6.45) is 1.10. The van der Waals surface area contributed by atoms with Crippen LogP contribution in [-0.4, -0.2) is 22.9 Å². The molecule has 108 valence electrons. The molecule has 0 aliphatic rings. The molecule has 0 fully saturated rings. The number of amides is 1. The van der Waals surface area contributed by atoms with E-state index in [-0.39, 0.29) is 11.6 Å². The Kier molecular flexibility index (Phi) is 4.30. The van der Waals surface area contributed by atoms with E-state index in [1.807, 2.05) is 0 Å². The summed E-state index contributed by atoms with van der Waals surface area (Å²) in [7, 11) is 1.54. The van der Waals surface area contributed by atoms with Crippen LogP contribution in [0, 0.1) is 10.1 Å². The largest absolute Gasteiger partial charge is 0.497 e. The third-order valence-corrected chi connectivity index (χ3v) is 2.61. The first-order valence-corrected chi connectivity index (χ1v) is 5.91. The Balaban J connectivity index is 1.95. The van der Waals surface area contributed by atoms with E-state index in [9.17, 15) is 14.9 Å². The number of aromatic nitrogens is 1. The van der Waals surface area contributed by atoms with E-state index in [1.165, 1.54) is 19.2 Å². The molecule has 21 heavy (non-hydrogen) atoms. The van der Waals surface area contributed by atoms with E-state index in [0.29, 0.717) is 17.1 Å². The normalized spacial score (nSPS) is 9.76. The molecule has 0 aliphatic carbocycles. The van der Waals surface area contributed by atoms with Crippen LogP contribution in [0.2, 0.25) is 0 Å². The average Bonchev–Trinajstić information content (AvgIpc) is 2.53. The molecule has 0 radical (unpaired) electrons. The van der Waals surface area contributed by atoms with Gasteiger partial charge >= 0.3 is 0 Å². The predicted molar refractivity (Wildman–Crippen MR) is 75.0 cm³/mol. The minimum absolute atomic E-state index is 0.123. The molecule has 1 aromatic heterocycles. The van der Waals surface area contributed by atoms with Gasteiger partial charge in [-0.1, -0.05) is 0 Å². The Bertz CT molecular complexity index is 640. The number of rotatable bonds is 5. The zero-order valence-electron chi connectivity index (χ0n) is 11.1. The highest BCUT2D eigenvalue weighted by Crippen LogP contribution is 2.12. The number of hydrogen-bond donors (Lipinski definition) is 2. The Hall–Kier alpha value is -3.16. The highest BCUT2D eigenvalue weighted by atomic mass is 16.6. The van der Waals surface area contributed by atoms with Crippen molar-refractivity contribution in [1.29, 1.82) is 0 Å². The van der Waals surface area contributed by atoms with Crippen molar-refractivity contribution in [3.8, 4) is 5.75 Å². The molecule has 2 aromatic rings. The van der Waals surface area contributed by atoms with Gasteiger partial charge in [-0.15, -0.1) is 0 Å². The molecule has 8 heteroatoms. The molecule has 0 unspecified atom stereocenters. The summed E-state index contributed by atoms with van der Waals surface area (Å²) in [5.74, 6) is 0.580. The molecule has 1 heterocycles. The van der Waals surface area contributed by atoms with Crippen molar-refractivity contribution in [3.63, 3.8) is 0 Å². The van der Waals surface area contributed by atoms with Crippen molar-refractivity contribution < 1.29 is 14.5 Å². The number of anilines is 1. The summed E-state index contributed by atoms with van der Waals surface area (Å²) in [5, 5.41) is 10.5. The summed E-state index contributed by atoms with van der Waals surface area (Å²) in [5.41, 5.74) is 5.32. The fraction of sp³-hybridized carbons (Fsp3) is 0.0769. The maximum atomic E-state index is 11.8. The minimum Gasteiger partial charge on any atom is -0.497 e. The predicted octanol–water partition coefficient (Wildman–Crippen LogP) is 1.76. The van der Waals surface area contributed by atoms with Crippen LogP contribution in [0.4, 0.5) is 11.5 Å². The number of hydrogen-bond acceptors (Lipinski definition) is 6. The number of ether oxygens (including phenoxy) is 1. The van der Waals surface area contributed by atoms with Crippen LogP contribution in [0.15, 0.2) is 42.6 Å². The Labute approximate surface area is 119 Å². The van der Waals surface area contributed by atoms with Crippen LogP contribution < -0.4 is 15.6 Å². The lowest BCUT2D eigenvalue weighted by Gasteiger charge is -2.07.